The Bertz CT molecular complexity index is 788. The third kappa shape index (κ3) is 3.74. The molecule has 1 saturated heterocycles. The first-order chi connectivity index (χ1) is 12.5. The molecule has 6 nitrogen and oxygen atoms in total. The van der Waals surface area contributed by atoms with Crippen LogP contribution in [0.15, 0.2) is 34.9 Å². The van der Waals surface area contributed by atoms with Gasteiger partial charge in [0, 0.05) is 12.3 Å². The Labute approximate surface area is 155 Å². The molecule has 1 amide bonds. The van der Waals surface area contributed by atoms with E-state index in [4.69, 9.17) is 4.74 Å². The van der Waals surface area contributed by atoms with Gasteiger partial charge in [-0.1, -0.05) is 23.9 Å². The first kappa shape index (κ1) is 18.4. The van der Waals surface area contributed by atoms with E-state index in [0.29, 0.717) is 23.1 Å². The van der Waals surface area contributed by atoms with E-state index in [0.717, 1.165) is 5.56 Å². The monoisotopic (exact) mass is 375 g/mol. The lowest BCUT2D eigenvalue weighted by atomic mass is 9.86. The summed E-state index contributed by atoms with van der Waals surface area (Å²) < 4.78 is 18.1. The second-order valence-corrected chi connectivity index (χ2v) is 6.94. The second kappa shape index (κ2) is 7.89. The molecule has 1 fully saturated rings. The Morgan fingerprint density at radius 2 is 2.15 bits per heavy atom. The Balaban J connectivity index is 1.83. The number of rotatable bonds is 4. The van der Waals surface area contributed by atoms with Crippen molar-refractivity contribution in [1.29, 1.82) is 5.26 Å². The van der Waals surface area contributed by atoms with Crippen LogP contribution >= 0.6 is 11.8 Å². The van der Waals surface area contributed by atoms with Gasteiger partial charge in [-0.05, 0) is 24.6 Å². The molecular formula is C18H18FN3O3S. The number of benzene rings is 1. The highest BCUT2D eigenvalue weighted by Gasteiger charge is 2.38. The lowest BCUT2D eigenvalue weighted by Crippen LogP contribution is -2.48. The van der Waals surface area contributed by atoms with E-state index in [2.05, 4.69) is 6.07 Å². The molecule has 0 saturated carbocycles. The zero-order valence-corrected chi connectivity index (χ0v) is 15.1. The molecule has 3 rings (SSSR count). The summed E-state index contributed by atoms with van der Waals surface area (Å²) in [4.78, 5) is 27.7. The fourth-order valence-corrected chi connectivity index (χ4v) is 4.21. The van der Waals surface area contributed by atoms with Crippen LogP contribution in [0.1, 0.15) is 24.8 Å². The fraction of sp³-hybridized carbons (Fsp3) is 0.389. The van der Waals surface area contributed by atoms with Crippen LogP contribution in [0.2, 0.25) is 0 Å². The molecule has 0 aromatic heterocycles. The minimum Gasteiger partial charge on any atom is -0.465 e. The van der Waals surface area contributed by atoms with E-state index < -0.39 is 0 Å². The molecule has 0 unspecified atom stereocenters. The highest BCUT2D eigenvalue weighted by atomic mass is 32.2. The quantitative estimate of drug-likeness (QED) is 0.753. The van der Waals surface area contributed by atoms with Gasteiger partial charge in [0.15, 0.2) is 0 Å². The number of nitriles is 1. The lowest BCUT2D eigenvalue weighted by Gasteiger charge is -2.40. The van der Waals surface area contributed by atoms with Crippen molar-refractivity contribution in [2.45, 2.75) is 19.3 Å². The molecule has 1 aromatic rings. The van der Waals surface area contributed by atoms with Crippen LogP contribution in [-0.4, -0.2) is 47.4 Å². The van der Waals surface area contributed by atoms with E-state index in [1.807, 2.05) is 0 Å². The number of hydrogen-bond acceptors (Lipinski definition) is 6. The minimum absolute atomic E-state index is 0.0984. The molecule has 1 atom stereocenters. The number of thioether (sulfide) groups is 1. The average molecular weight is 375 g/mol. The predicted octanol–water partition coefficient (Wildman–Crippen LogP) is 2.40. The van der Waals surface area contributed by atoms with Crippen molar-refractivity contribution in [3.63, 3.8) is 0 Å². The standard InChI is InChI=1S/C18H18FN3O3S/c1-2-25-17(24)9-21-10-22-16(23)7-14(12-3-5-13(19)6-4-12)15(8-20)18(22)26-11-21/h3-6,14H,2,7,9-11H2,1H3/t14-/m0/s1. The molecule has 2 aliphatic heterocycles. The maximum absolute atomic E-state index is 13.2. The number of amides is 1. The molecule has 136 valence electrons. The van der Waals surface area contributed by atoms with E-state index in [1.165, 1.54) is 23.9 Å². The van der Waals surface area contributed by atoms with Crippen molar-refractivity contribution in [2.75, 3.05) is 25.7 Å². The Morgan fingerprint density at radius 1 is 1.42 bits per heavy atom. The van der Waals surface area contributed by atoms with Crippen molar-refractivity contribution in [3.05, 3.63) is 46.2 Å². The molecule has 0 aliphatic carbocycles. The number of fused-ring (bicyclic) bond motifs is 1. The number of nitrogens with zero attached hydrogens (tertiary/aromatic N) is 3. The SMILES string of the molecule is CCOC(=O)CN1CSC2=C(C#N)[C@H](c3ccc(F)cc3)CC(=O)N2C1. The van der Waals surface area contributed by atoms with Crippen LogP contribution in [0.3, 0.4) is 0 Å². The van der Waals surface area contributed by atoms with Gasteiger partial charge < -0.3 is 4.74 Å². The molecule has 0 spiro atoms. The van der Waals surface area contributed by atoms with Crippen LogP contribution in [0, 0.1) is 17.1 Å². The van der Waals surface area contributed by atoms with Crippen molar-refractivity contribution in [1.82, 2.24) is 9.80 Å². The molecule has 8 heteroatoms. The molecule has 26 heavy (non-hydrogen) atoms. The van der Waals surface area contributed by atoms with Gasteiger partial charge in [-0.2, -0.15) is 5.26 Å². The normalized spacial score (nSPS) is 20.6. The van der Waals surface area contributed by atoms with Gasteiger partial charge in [0.25, 0.3) is 0 Å². The second-order valence-electron chi connectivity index (χ2n) is 6.01. The summed E-state index contributed by atoms with van der Waals surface area (Å²) in [5.74, 6) is -0.697. The van der Waals surface area contributed by atoms with Crippen molar-refractivity contribution in [3.8, 4) is 6.07 Å². The summed E-state index contributed by atoms with van der Waals surface area (Å²) in [5, 5.41) is 10.3. The summed E-state index contributed by atoms with van der Waals surface area (Å²) in [6.07, 6.45) is 0.145. The lowest BCUT2D eigenvalue weighted by molar-refractivity contribution is -0.146. The van der Waals surface area contributed by atoms with Crippen LogP contribution in [-0.2, 0) is 14.3 Å². The third-order valence-electron chi connectivity index (χ3n) is 4.28. The molecule has 2 heterocycles. The van der Waals surface area contributed by atoms with Crippen molar-refractivity contribution >= 4 is 23.6 Å². The molecule has 0 N–H and O–H groups in total. The van der Waals surface area contributed by atoms with E-state index in [1.54, 1.807) is 28.9 Å². The van der Waals surface area contributed by atoms with Gasteiger partial charge >= 0.3 is 5.97 Å². The van der Waals surface area contributed by atoms with Gasteiger partial charge in [0.1, 0.15) is 5.82 Å². The molecule has 2 aliphatic rings. The van der Waals surface area contributed by atoms with E-state index >= 15 is 0 Å². The van der Waals surface area contributed by atoms with Crippen molar-refractivity contribution in [2.24, 2.45) is 0 Å². The maximum Gasteiger partial charge on any atom is 0.320 e. The summed E-state index contributed by atoms with van der Waals surface area (Å²) in [7, 11) is 0. The summed E-state index contributed by atoms with van der Waals surface area (Å²) in [5.41, 5.74) is 1.26. The topological polar surface area (TPSA) is 73.6 Å². The van der Waals surface area contributed by atoms with Crippen LogP contribution < -0.4 is 0 Å². The summed E-state index contributed by atoms with van der Waals surface area (Å²) in [6, 6.07) is 8.12. The Kier molecular flexibility index (Phi) is 5.59. The van der Waals surface area contributed by atoms with Gasteiger partial charge in [0.2, 0.25) is 5.91 Å². The third-order valence-corrected chi connectivity index (χ3v) is 5.49. The summed E-state index contributed by atoms with van der Waals surface area (Å²) in [6.45, 7) is 2.40. The first-order valence-corrected chi connectivity index (χ1v) is 9.23. The smallest absolute Gasteiger partial charge is 0.320 e. The highest BCUT2D eigenvalue weighted by Crippen LogP contribution is 2.42. The van der Waals surface area contributed by atoms with Crippen LogP contribution in [0.25, 0.3) is 0 Å². The molecule has 1 aromatic carbocycles. The zero-order valence-electron chi connectivity index (χ0n) is 14.3. The Morgan fingerprint density at radius 3 is 2.81 bits per heavy atom. The average Bonchev–Trinajstić information content (AvgIpc) is 2.63. The number of halogens is 1. The van der Waals surface area contributed by atoms with Crippen molar-refractivity contribution < 1.29 is 18.7 Å². The number of carbonyl (C=O) groups excluding carboxylic acids is 2. The number of carbonyl (C=O) groups is 2. The van der Waals surface area contributed by atoms with Crippen LogP contribution in [0.4, 0.5) is 4.39 Å². The maximum atomic E-state index is 13.2. The molecular weight excluding hydrogens is 357 g/mol. The Hall–Kier alpha value is -2.37. The van der Waals surface area contributed by atoms with Gasteiger partial charge in [-0.15, -0.1) is 0 Å². The number of esters is 1. The van der Waals surface area contributed by atoms with E-state index in [9.17, 15) is 19.2 Å². The molecule has 0 radical (unpaired) electrons. The van der Waals surface area contributed by atoms with Gasteiger partial charge in [0.05, 0.1) is 42.4 Å². The minimum atomic E-state index is -0.372. The zero-order chi connectivity index (χ0) is 18.7. The van der Waals surface area contributed by atoms with E-state index in [-0.39, 0.29) is 43.2 Å². The first-order valence-electron chi connectivity index (χ1n) is 8.24. The molecule has 0 bridgehead atoms. The van der Waals surface area contributed by atoms with Gasteiger partial charge in [-0.3, -0.25) is 19.4 Å². The number of ether oxygens (including phenoxy) is 1. The number of hydrogen-bond donors (Lipinski definition) is 0. The fourth-order valence-electron chi connectivity index (χ4n) is 3.08. The summed E-state index contributed by atoms with van der Waals surface area (Å²) >= 11 is 1.36. The number of allylic oxidation sites excluding steroid dienone is 1. The highest BCUT2D eigenvalue weighted by molar-refractivity contribution is 8.03. The largest absolute Gasteiger partial charge is 0.465 e. The predicted molar refractivity (Wildman–Crippen MR) is 93.9 cm³/mol. The van der Waals surface area contributed by atoms with Crippen LogP contribution in [0.5, 0.6) is 0 Å². The van der Waals surface area contributed by atoms with Gasteiger partial charge in [-0.25, -0.2) is 4.39 Å².